The van der Waals surface area contributed by atoms with Crippen LogP contribution in [-0.4, -0.2) is 43.8 Å². The van der Waals surface area contributed by atoms with Crippen LogP contribution in [0.4, 0.5) is 5.69 Å². The second-order valence-electron chi connectivity index (χ2n) is 6.10. The summed E-state index contributed by atoms with van der Waals surface area (Å²) in [6.45, 7) is 2.62. The highest BCUT2D eigenvalue weighted by Gasteiger charge is 2.31. The summed E-state index contributed by atoms with van der Waals surface area (Å²) in [6, 6.07) is 2.24. The highest BCUT2D eigenvalue weighted by Crippen LogP contribution is 2.35. The molecule has 0 bridgehead atoms. The van der Waals surface area contributed by atoms with Crippen molar-refractivity contribution in [3.05, 3.63) is 24.7 Å². The molecule has 3 aromatic rings. The number of rotatable bonds is 2. The van der Waals surface area contributed by atoms with Gasteiger partial charge in [-0.2, -0.15) is 5.10 Å². The molecule has 1 aliphatic heterocycles. The number of aromatic amines is 1. The number of aliphatic carboxylic acids is 1. The maximum atomic E-state index is 11.4. The molecule has 2 unspecified atom stereocenters. The molecule has 4 rings (SSSR count). The van der Waals surface area contributed by atoms with Gasteiger partial charge in [0, 0.05) is 29.6 Å². The molecular weight excluding hydrogens is 294 g/mol. The van der Waals surface area contributed by atoms with Crippen LogP contribution < -0.4 is 4.90 Å². The molecule has 3 aromatic heterocycles. The molecule has 0 saturated carbocycles. The fourth-order valence-electron chi connectivity index (χ4n) is 3.41. The lowest BCUT2D eigenvalue weighted by molar-refractivity contribution is -0.142. The molecule has 1 aliphatic rings. The summed E-state index contributed by atoms with van der Waals surface area (Å²) in [5, 5.41) is 19.6. The summed E-state index contributed by atoms with van der Waals surface area (Å²) < 4.78 is 0. The third-order valence-corrected chi connectivity index (χ3v) is 4.71. The zero-order chi connectivity index (χ0) is 16.0. The van der Waals surface area contributed by atoms with Crippen LogP contribution in [0.1, 0.15) is 19.8 Å². The zero-order valence-electron chi connectivity index (χ0n) is 12.7. The number of nitrogens with zero attached hydrogens (tertiary/aromatic N) is 4. The first kappa shape index (κ1) is 13.9. The van der Waals surface area contributed by atoms with Crippen molar-refractivity contribution < 1.29 is 9.90 Å². The summed E-state index contributed by atoms with van der Waals surface area (Å²) in [6.07, 6.45) is 6.84. The first-order valence-electron chi connectivity index (χ1n) is 7.72. The number of nitrogens with one attached hydrogen (secondary N) is 1. The Morgan fingerprint density at radius 2 is 2.26 bits per heavy atom. The van der Waals surface area contributed by atoms with E-state index in [1.807, 2.05) is 12.3 Å². The van der Waals surface area contributed by atoms with Gasteiger partial charge in [0.05, 0.1) is 24.0 Å². The van der Waals surface area contributed by atoms with E-state index in [9.17, 15) is 9.90 Å². The van der Waals surface area contributed by atoms with E-state index in [-0.39, 0.29) is 12.0 Å². The summed E-state index contributed by atoms with van der Waals surface area (Å²) >= 11 is 0. The molecule has 1 saturated heterocycles. The van der Waals surface area contributed by atoms with E-state index in [1.54, 1.807) is 12.4 Å². The number of hydrogen-bond donors (Lipinski definition) is 2. The van der Waals surface area contributed by atoms with Gasteiger partial charge in [0.15, 0.2) is 0 Å². The monoisotopic (exact) mass is 311 g/mol. The predicted octanol–water partition coefficient (Wildman–Crippen LogP) is 2.20. The quantitative estimate of drug-likeness (QED) is 0.753. The fraction of sp³-hybridized carbons (Fsp3) is 0.375. The molecule has 0 aromatic carbocycles. The Hall–Kier alpha value is -2.70. The lowest BCUT2D eigenvalue weighted by Gasteiger charge is -2.38. The van der Waals surface area contributed by atoms with Gasteiger partial charge in [-0.15, -0.1) is 5.10 Å². The molecule has 0 spiro atoms. The fourth-order valence-corrected chi connectivity index (χ4v) is 3.41. The molecule has 23 heavy (non-hydrogen) atoms. The number of carboxylic acid groups (broad SMARTS) is 1. The molecule has 1 fully saturated rings. The van der Waals surface area contributed by atoms with E-state index in [0.29, 0.717) is 13.0 Å². The van der Waals surface area contributed by atoms with Gasteiger partial charge in [-0.05, 0) is 25.8 Å². The molecule has 2 N–H and O–H groups in total. The smallest absolute Gasteiger partial charge is 0.308 e. The number of hydrogen-bond acceptors (Lipinski definition) is 5. The standard InChI is InChI=1S/C16H17N5O2/c1-9-2-3-10(16(22)23)8-21(9)13-7-19-20-12-6-18-15-11(14(12)13)4-5-17-15/h4-7,9-10H,2-3,8H2,1H3,(H,17,18)(H,22,23). The number of aromatic nitrogens is 4. The van der Waals surface area contributed by atoms with Crippen molar-refractivity contribution in [2.45, 2.75) is 25.8 Å². The van der Waals surface area contributed by atoms with E-state index in [0.717, 1.165) is 34.0 Å². The van der Waals surface area contributed by atoms with Crippen molar-refractivity contribution in [1.82, 2.24) is 20.2 Å². The molecule has 7 nitrogen and oxygen atoms in total. The van der Waals surface area contributed by atoms with E-state index in [4.69, 9.17) is 0 Å². The highest BCUT2D eigenvalue weighted by molar-refractivity contribution is 6.09. The van der Waals surface area contributed by atoms with Gasteiger partial charge in [-0.3, -0.25) is 4.79 Å². The summed E-state index contributed by atoms with van der Waals surface area (Å²) in [5.74, 6) is -1.08. The Balaban J connectivity index is 1.90. The molecule has 2 atom stereocenters. The van der Waals surface area contributed by atoms with Crippen LogP contribution >= 0.6 is 0 Å². The van der Waals surface area contributed by atoms with Crippen LogP contribution in [0.3, 0.4) is 0 Å². The van der Waals surface area contributed by atoms with Gasteiger partial charge in [0.2, 0.25) is 0 Å². The molecule has 0 amide bonds. The van der Waals surface area contributed by atoms with Crippen LogP contribution in [0, 0.1) is 5.92 Å². The molecule has 118 valence electrons. The summed E-state index contributed by atoms with van der Waals surface area (Å²) in [5.41, 5.74) is 2.45. The van der Waals surface area contributed by atoms with Crippen LogP contribution in [0.2, 0.25) is 0 Å². The molecule has 4 heterocycles. The van der Waals surface area contributed by atoms with E-state index >= 15 is 0 Å². The van der Waals surface area contributed by atoms with Gasteiger partial charge < -0.3 is 15.0 Å². The van der Waals surface area contributed by atoms with Crippen LogP contribution in [0.5, 0.6) is 0 Å². The number of piperidine rings is 1. The van der Waals surface area contributed by atoms with Crippen molar-refractivity contribution in [2.75, 3.05) is 11.4 Å². The average Bonchev–Trinajstić information content (AvgIpc) is 3.03. The van der Waals surface area contributed by atoms with Crippen LogP contribution in [-0.2, 0) is 4.79 Å². The van der Waals surface area contributed by atoms with Crippen molar-refractivity contribution in [3.63, 3.8) is 0 Å². The van der Waals surface area contributed by atoms with Crippen LogP contribution in [0.15, 0.2) is 24.7 Å². The predicted molar refractivity (Wildman–Crippen MR) is 86.4 cm³/mol. The van der Waals surface area contributed by atoms with Crippen molar-refractivity contribution in [3.8, 4) is 0 Å². The second kappa shape index (κ2) is 5.19. The first-order chi connectivity index (χ1) is 11.1. The highest BCUT2D eigenvalue weighted by atomic mass is 16.4. The number of H-pyrrole nitrogens is 1. The van der Waals surface area contributed by atoms with Gasteiger partial charge in [0.25, 0.3) is 0 Å². The molecular formula is C16H17N5O2. The maximum Gasteiger partial charge on any atom is 0.308 e. The SMILES string of the molecule is CC1CCC(C(=O)O)CN1c1cnnc2cnc3[nH]ccc3c12. The Kier molecular flexibility index (Phi) is 3.14. The molecule has 0 aliphatic carbocycles. The van der Waals surface area contributed by atoms with E-state index < -0.39 is 5.97 Å². The largest absolute Gasteiger partial charge is 0.481 e. The van der Waals surface area contributed by atoms with Gasteiger partial charge >= 0.3 is 5.97 Å². The third-order valence-electron chi connectivity index (χ3n) is 4.71. The Morgan fingerprint density at radius 1 is 1.39 bits per heavy atom. The molecule has 7 heteroatoms. The lowest BCUT2D eigenvalue weighted by atomic mass is 9.92. The zero-order valence-corrected chi connectivity index (χ0v) is 12.7. The number of carbonyl (C=O) groups is 1. The normalized spacial score (nSPS) is 21.9. The minimum absolute atomic E-state index is 0.264. The number of anilines is 1. The Morgan fingerprint density at radius 3 is 3.09 bits per heavy atom. The third kappa shape index (κ3) is 2.19. The minimum atomic E-state index is -0.735. The van der Waals surface area contributed by atoms with Gasteiger partial charge in [-0.25, -0.2) is 4.98 Å². The average molecular weight is 311 g/mol. The molecule has 0 radical (unpaired) electrons. The van der Waals surface area contributed by atoms with Crippen molar-refractivity contribution in [2.24, 2.45) is 5.92 Å². The number of carboxylic acids is 1. The number of pyridine rings is 1. The van der Waals surface area contributed by atoms with E-state index in [1.165, 1.54) is 0 Å². The Bertz CT molecular complexity index is 890. The number of fused-ring (bicyclic) bond motifs is 3. The Labute approximate surface area is 132 Å². The van der Waals surface area contributed by atoms with Gasteiger partial charge in [-0.1, -0.05) is 0 Å². The first-order valence-corrected chi connectivity index (χ1v) is 7.72. The van der Waals surface area contributed by atoms with Crippen molar-refractivity contribution >= 4 is 33.6 Å². The summed E-state index contributed by atoms with van der Waals surface area (Å²) in [4.78, 5) is 21.0. The van der Waals surface area contributed by atoms with Gasteiger partial charge in [0.1, 0.15) is 11.2 Å². The maximum absolute atomic E-state index is 11.4. The summed E-state index contributed by atoms with van der Waals surface area (Å²) in [7, 11) is 0. The van der Waals surface area contributed by atoms with E-state index in [2.05, 4.69) is 32.0 Å². The topological polar surface area (TPSA) is 95.0 Å². The van der Waals surface area contributed by atoms with Crippen molar-refractivity contribution in [1.29, 1.82) is 0 Å². The lowest BCUT2D eigenvalue weighted by Crippen LogP contribution is -2.44. The van der Waals surface area contributed by atoms with Crippen LogP contribution in [0.25, 0.3) is 21.9 Å². The second-order valence-corrected chi connectivity index (χ2v) is 6.10. The minimum Gasteiger partial charge on any atom is -0.481 e.